The number of hydrogen-bond acceptors (Lipinski definition) is 5. The first-order valence-electron chi connectivity index (χ1n) is 12.3. The molecule has 2 amide bonds. The number of unbranched alkanes of at least 4 members (excludes halogenated alkanes) is 3. The molecule has 6 nitrogen and oxygen atoms in total. The second-order valence-electron chi connectivity index (χ2n) is 8.67. The molecule has 1 fully saturated rings. The maximum absolute atomic E-state index is 12.9. The number of aryl methyl sites for hydroxylation is 1. The number of halogens is 1. The number of benzene rings is 2. The Bertz CT molecular complexity index is 1030. The van der Waals surface area contributed by atoms with Gasteiger partial charge in [-0.2, -0.15) is 0 Å². The largest absolute Gasteiger partial charge is 0.458 e. The van der Waals surface area contributed by atoms with Crippen molar-refractivity contribution >= 4 is 41.1 Å². The van der Waals surface area contributed by atoms with Gasteiger partial charge in [-0.25, -0.2) is 4.79 Å². The first-order chi connectivity index (χ1) is 17.5. The van der Waals surface area contributed by atoms with E-state index in [4.69, 9.17) is 16.3 Å². The van der Waals surface area contributed by atoms with Crippen LogP contribution in [0.25, 0.3) is 0 Å². The van der Waals surface area contributed by atoms with Crippen molar-refractivity contribution < 1.29 is 19.1 Å². The van der Waals surface area contributed by atoms with Crippen LogP contribution in [0.2, 0.25) is 5.02 Å². The molecule has 192 valence electrons. The topological polar surface area (TPSA) is 75.7 Å². The van der Waals surface area contributed by atoms with Gasteiger partial charge in [0.25, 0.3) is 5.91 Å². The summed E-state index contributed by atoms with van der Waals surface area (Å²) in [5.74, 6) is 0.0284. The first-order valence-corrected chi connectivity index (χ1v) is 13.7. The monoisotopic (exact) mass is 528 g/mol. The Balaban J connectivity index is 1.39. The minimum Gasteiger partial charge on any atom is -0.458 e. The highest BCUT2D eigenvalue weighted by Gasteiger charge is 2.35. The van der Waals surface area contributed by atoms with E-state index < -0.39 is 11.3 Å². The molecule has 0 bridgehead atoms. The van der Waals surface area contributed by atoms with Gasteiger partial charge in [0.05, 0.1) is 5.56 Å². The molecule has 36 heavy (non-hydrogen) atoms. The maximum atomic E-state index is 12.9. The minimum atomic E-state index is -0.548. The average molecular weight is 529 g/mol. The number of hydrogen-bond donors (Lipinski definition) is 1. The fraction of sp³-hybridized carbons (Fsp3) is 0.393. The Morgan fingerprint density at radius 2 is 1.75 bits per heavy atom. The molecule has 0 aromatic heterocycles. The second kappa shape index (κ2) is 14.7. The third kappa shape index (κ3) is 8.71. The lowest BCUT2D eigenvalue weighted by Gasteiger charge is -2.36. The van der Waals surface area contributed by atoms with Crippen LogP contribution >= 0.6 is 23.4 Å². The van der Waals surface area contributed by atoms with Crippen LogP contribution in [0.4, 0.5) is 0 Å². The van der Waals surface area contributed by atoms with Gasteiger partial charge in [-0.05, 0) is 54.7 Å². The van der Waals surface area contributed by atoms with E-state index >= 15 is 0 Å². The normalized spacial score (nSPS) is 13.6. The third-order valence-electron chi connectivity index (χ3n) is 5.93. The molecule has 1 aliphatic heterocycles. The molecule has 1 unspecified atom stereocenters. The van der Waals surface area contributed by atoms with E-state index in [1.54, 1.807) is 17.0 Å². The van der Waals surface area contributed by atoms with E-state index in [1.165, 1.54) is 23.4 Å². The molecule has 1 heterocycles. The van der Waals surface area contributed by atoms with Crippen LogP contribution in [0.15, 0.2) is 61.2 Å². The summed E-state index contributed by atoms with van der Waals surface area (Å²) in [7, 11) is 0. The summed E-state index contributed by atoms with van der Waals surface area (Å²) in [6, 6.07) is 15.0. The quantitative estimate of drug-likeness (QED) is 0.145. The molecule has 0 spiro atoms. The molecule has 3 rings (SSSR count). The highest BCUT2D eigenvalue weighted by atomic mass is 35.5. The molecule has 2 aromatic rings. The van der Waals surface area contributed by atoms with E-state index in [0.717, 1.165) is 42.7 Å². The number of carbonyl (C=O) groups is 3. The van der Waals surface area contributed by atoms with Crippen LogP contribution in [0.5, 0.6) is 0 Å². The molecule has 1 aliphatic rings. The summed E-state index contributed by atoms with van der Waals surface area (Å²) in [6.07, 6.45) is 7.17. The van der Waals surface area contributed by atoms with Crippen molar-refractivity contribution in [3.63, 3.8) is 0 Å². The van der Waals surface area contributed by atoms with Gasteiger partial charge in [0.1, 0.15) is 6.61 Å². The van der Waals surface area contributed by atoms with Crippen molar-refractivity contribution in [1.29, 1.82) is 0 Å². The average Bonchev–Trinajstić information content (AvgIpc) is 2.89. The van der Waals surface area contributed by atoms with Crippen molar-refractivity contribution in [3.05, 3.63) is 82.9 Å². The SMILES string of the molecule is C=CCOC(=O)c1ccc(CSC(C(=O)NCCCCCCc2ccc(Cl)cc2)N2CCC2=O)cc1. The number of carbonyl (C=O) groups excluding carboxylic acids is 3. The fourth-order valence-electron chi connectivity index (χ4n) is 3.78. The van der Waals surface area contributed by atoms with Gasteiger partial charge in [0.15, 0.2) is 5.37 Å². The van der Waals surface area contributed by atoms with Crippen molar-refractivity contribution in [1.82, 2.24) is 10.2 Å². The molecule has 1 saturated heterocycles. The number of ether oxygens (including phenoxy) is 1. The standard InChI is InChI=1S/C28H33ClN2O4S/c1-2-19-35-28(34)23-12-8-22(9-13-23)20-36-27(31-18-16-25(31)32)26(33)30-17-6-4-3-5-7-21-10-14-24(29)15-11-21/h2,8-15,27H,1,3-7,16-20H2,(H,30,33). The highest BCUT2D eigenvalue weighted by Crippen LogP contribution is 2.26. The number of nitrogens with one attached hydrogen (secondary N) is 1. The van der Waals surface area contributed by atoms with Gasteiger partial charge < -0.3 is 15.0 Å². The lowest BCUT2D eigenvalue weighted by Crippen LogP contribution is -2.54. The van der Waals surface area contributed by atoms with Gasteiger partial charge in [-0.1, -0.05) is 61.4 Å². The summed E-state index contributed by atoms with van der Waals surface area (Å²) < 4.78 is 5.04. The number of thioether (sulfide) groups is 1. The van der Waals surface area contributed by atoms with E-state index in [-0.39, 0.29) is 18.4 Å². The van der Waals surface area contributed by atoms with Gasteiger partial charge in [-0.15, -0.1) is 11.8 Å². The summed E-state index contributed by atoms with van der Waals surface area (Å²) in [6.45, 7) is 4.90. The molecule has 0 saturated carbocycles. The van der Waals surface area contributed by atoms with Crippen LogP contribution in [-0.4, -0.2) is 47.8 Å². The van der Waals surface area contributed by atoms with Crippen molar-refractivity contribution in [2.45, 2.75) is 49.7 Å². The predicted molar refractivity (Wildman–Crippen MR) is 145 cm³/mol. The molecule has 8 heteroatoms. The van der Waals surface area contributed by atoms with E-state index in [1.807, 2.05) is 24.3 Å². The van der Waals surface area contributed by atoms with Crippen LogP contribution in [0.1, 0.15) is 53.6 Å². The molecule has 1 N–H and O–H groups in total. The smallest absolute Gasteiger partial charge is 0.338 e. The van der Waals surface area contributed by atoms with Crippen LogP contribution in [0.3, 0.4) is 0 Å². The zero-order valence-electron chi connectivity index (χ0n) is 20.4. The maximum Gasteiger partial charge on any atom is 0.338 e. The highest BCUT2D eigenvalue weighted by molar-refractivity contribution is 7.99. The zero-order chi connectivity index (χ0) is 25.8. The predicted octanol–water partition coefficient (Wildman–Crippen LogP) is 5.39. The van der Waals surface area contributed by atoms with E-state index in [9.17, 15) is 14.4 Å². The summed E-state index contributed by atoms with van der Waals surface area (Å²) in [5.41, 5.74) is 2.71. The zero-order valence-corrected chi connectivity index (χ0v) is 22.0. The number of esters is 1. The van der Waals surface area contributed by atoms with Gasteiger partial charge in [0, 0.05) is 30.3 Å². The lowest BCUT2D eigenvalue weighted by molar-refractivity contribution is -0.145. The summed E-state index contributed by atoms with van der Waals surface area (Å²) in [5, 5.41) is 3.22. The number of β-lactam (4-membered cyclic amide) rings is 1. The van der Waals surface area contributed by atoms with Gasteiger partial charge in [-0.3, -0.25) is 9.59 Å². The molecule has 1 atom stereocenters. The van der Waals surface area contributed by atoms with E-state index in [0.29, 0.717) is 30.8 Å². The third-order valence-corrected chi connectivity index (χ3v) is 7.47. The number of likely N-dealkylation sites (tertiary alicyclic amines) is 1. The molecule has 2 aromatic carbocycles. The molecular formula is C28H33ClN2O4S. The number of nitrogens with zero attached hydrogens (tertiary/aromatic N) is 1. The van der Waals surface area contributed by atoms with Crippen LogP contribution in [0, 0.1) is 0 Å². The molecule has 0 radical (unpaired) electrons. The Morgan fingerprint density at radius 1 is 1.06 bits per heavy atom. The number of rotatable bonds is 15. The van der Waals surface area contributed by atoms with Gasteiger partial charge in [0.2, 0.25) is 5.91 Å². The Hall–Kier alpha value is -2.77. The van der Waals surface area contributed by atoms with Gasteiger partial charge >= 0.3 is 5.97 Å². The Morgan fingerprint density at radius 3 is 2.39 bits per heavy atom. The molecule has 0 aliphatic carbocycles. The van der Waals surface area contributed by atoms with Crippen molar-refractivity contribution in [3.8, 4) is 0 Å². The van der Waals surface area contributed by atoms with Crippen molar-refractivity contribution in [2.75, 3.05) is 19.7 Å². The summed E-state index contributed by atoms with van der Waals surface area (Å²) in [4.78, 5) is 38.5. The molecular weight excluding hydrogens is 496 g/mol. The van der Waals surface area contributed by atoms with E-state index in [2.05, 4.69) is 24.0 Å². The van der Waals surface area contributed by atoms with Crippen molar-refractivity contribution in [2.24, 2.45) is 0 Å². The first kappa shape index (κ1) is 27.8. The lowest BCUT2D eigenvalue weighted by atomic mass is 10.1. The van der Waals surface area contributed by atoms with Crippen LogP contribution in [-0.2, 0) is 26.5 Å². The Kier molecular flexibility index (Phi) is 11.4. The minimum absolute atomic E-state index is 0.00478. The fourth-order valence-corrected chi connectivity index (χ4v) is 5.08. The summed E-state index contributed by atoms with van der Waals surface area (Å²) >= 11 is 7.35. The Labute approximate surface area is 222 Å². The van der Waals surface area contributed by atoms with Crippen LogP contribution < -0.4 is 5.32 Å². The number of amides is 2. The second-order valence-corrected chi connectivity index (χ2v) is 10.2.